The maximum absolute atomic E-state index is 12.3. The Balaban J connectivity index is 1.74. The van der Waals surface area contributed by atoms with E-state index in [9.17, 15) is 8.42 Å². The lowest BCUT2D eigenvalue weighted by Gasteiger charge is -2.07. The molecule has 0 N–H and O–H groups in total. The van der Waals surface area contributed by atoms with Gasteiger partial charge in [-0.25, -0.2) is 0 Å². The highest BCUT2D eigenvalue weighted by atomic mass is 35.5. The summed E-state index contributed by atoms with van der Waals surface area (Å²) in [4.78, 5) is 4.45. The minimum atomic E-state index is -3.92. The van der Waals surface area contributed by atoms with Gasteiger partial charge in [-0.3, -0.25) is 4.99 Å². The summed E-state index contributed by atoms with van der Waals surface area (Å²) < 4.78 is 29.7. The van der Waals surface area contributed by atoms with Gasteiger partial charge in [-0.15, -0.1) is 0 Å². The number of nitrogens with zero attached hydrogens (tertiary/aromatic N) is 1. The van der Waals surface area contributed by atoms with Gasteiger partial charge in [0.25, 0.3) is 0 Å². The van der Waals surface area contributed by atoms with Crippen LogP contribution in [0.25, 0.3) is 0 Å². The summed E-state index contributed by atoms with van der Waals surface area (Å²) in [5, 5.41) is 1.07. The number of halogens is 2. The van der Waals surface area contributed by atoms with Crippen LogP contribution in [-0.4, -0.2) is 14.6 Å². The number of benzene rings is 3. The van der Waals surface area contributed by atoms with E-state index in [0.717, 1.165) is 16.8 Å². The first-order valence-corrected chi connectivity index (χ1v) is 10.1. The van der Waals surface area contributed by atoms with Crippen LogP contribution >= 0.6 is 23.2 Å². The fraction of sp³-hybridized carbons (Fsp3) is 0.0500. The SMILES string of the molecule is Cc1ccc(Cl)cc1N=Cc1ccc(OS(=O)(=O)c2ccc(Cl)cc2)cc1. The van der Waals surface area contributed by atoms with Gasteiger partial charge in [0.1, 0.15) is 10.6 Å². The second-order valence-electron chi connectivity index (χ2n) is 5.75. The molecule has 0 radical (unpaired) electrons. The lowest BCUT2D eigenvalue weighted by molar-refractivity contribution is 0.486. The van der Waals surface area contributed by atoms with Crippen molar-refractivity contribution in [2.45, 2.75) is 11.8 Å². The highest BCUT2D eigenvalue weighted by molar-refractivity contribution is 7.87. The van der Waals surface area contributed by atoms with E-state index in [2.05, 4.69) is 4.99 Å². The topological polar surface area (TPSA) is 55.7 Å². The summed E-state index contributed by atoms with van der Waals surface area (Å²) in [6.45, 7) is 1.95. The third-order valence-electron chi connectivity index (χ3n) is 3.71. The molecule has 0 spiro atoms. The second kappa shape index (κ2) is 8.13. The maximum Gasteiger partial charge on any atom is 0.339 e. The van der Waals surface area contributed by atoms with Crippen molar-refractivity contribution < 1.29 is 12.6 Å². The molecule has 0 saturated heterocycles. The molecule has 0 saturated carbocycles. The third kappa shape index (κ3) is 5.10. The van der Waals surface area contributed by atoms with E-state index in [0.29, 0.717) is 10.0 Å². The van der Waals surface area contributed by atoms with Gasteiger partial charge in [0.2, 0.25) is 0 Å². The summed E-state index contributed by atoms with van der Waals surface area (Å²) in [5.74, 6) is 0.209. The van der Waals surface area contributed by atoms with Gasteiger partial charge in [-0.2, -0.15) is 8.42 Å². The first-order valence-electron chi connectivity index (χ1n) is 7.94. The van der Waals surface area contributed by atoms with Crippen molar-refractivity contribution in [1.29, 1.82) is 0 Å². The van der Waals surface area contributed by atoms with Crippen LogP contribution in [0.15, 0.2) is 76.6 Å². The Morgan fingerprint density at radius 3 is 2.19 bits per heavy atom. The van der Waals surface area contributed by atoms with Crippen molar-refractivity contribution in [3.63, 3.8) is 0 Å². The van der Waals surface area contributed by atoms with Crippen molar-refractivity contribution in [3.05, 3.63) is 87.9 Å². The summed E-state index contributed by atoms with van der Waals surface area (Å²) in [5.41, 5.74) is 2.57. The van der Waals surface area contributed by atoms with Crippen LogP contribution in [0.2, 0.25) is 10.0 Å². The number of hydrogen-bond acceptors (Lipinski definition) is 4. The molecule has 0 fully saturated rings. The Morgan fingerprint density at radius 2 is 1.52 bits per heavy atom. The Morgan fingerprint density at radius 1 is 0.889 bits per heavy atom. The molecule has 0 amide bonds. The maximum atomic E-state index is 12.3. The zero-order chi connectivity index (χ0) is 19.4. The fourth-order valence-corrected chi connectivity index (χ4v) is 3.47. The van der Waals surface area contributed by atoms with E-state index in [1.165, 1.54) is 24.3 Å². The molecule has 138 valence electrons. The molecule has 4 nitrogen and oxygen atoms in total. The minimum absolute atomic E-state index is 0.0361. The minimum Gasteiger partial charge on any atom is -0.379 e. The van der Waals surface area contributed by atoms with Crippen molar-refractivity contribution in [1.82, 2.24) is 0 Å². The Bertz CT molecular complexity index is 1080. The van der Waals surface area contributed by atoms with Gasteiger partial charge in [0.05, 0.1) is 5.69 Å². The zero-order valence-electron chi connectivity index (χ0n) is 14.3. The van der Waals surface area contributed by atoms with E-state index >= 15 is 0 Å². The molecule has 3 aromatic carbocycles. The quantitative estimate of drug-likeness (QED) is 0.386. The molecule has 27 heavy (non-hydrogen) atoms. The van der Waals surface area contributed by atoms with Crippen LogP contribution in [-0.2, 0) is 10.1 Å². The van der Waals surface area contributed by atoms with Crippen molar-refractivity contribution in [2.24, 2.45) is 4.99 Å². The van der Waals surface area contributed by atoms with Crippen LogP contribution in [0.5, 0.6) is 5.75 Å². The third-order valence-corrected chi connectivity index (χ3v) is 5.46. The van der Waals surface area contributed by atoms with E-state index in [-0.39, 0.29) is 10.6 Å². The molecule has 7 heteroatoms. The molecule has 0 unspecified atom stereocenters. The molecule has 3 rings (SSSR count). The molecular weight excluding hydrogens is 405 g/mol. The smallest absolute Gasteiger partial charge is 0.339 e. The second-order valence-corrected chi connectivity index (χ2v) is 8.17. The van der Waals surface area contributed by atoms with Crippen molar-refractivity contribution in [3.8, 4) is 5.75 Å². The van der Waals surface area contributed by atoms with Crippen molar-refractivity contribution >= 4 is 45.2 Å². The molecule has 0 atom stereocenters. The number of aliphatic imine (C=N–C) groups is 1. The highest BCUT2D eigenvalue weighted by Gasteiger charge is 2.16. The average Bonchev–Trinajstić information content (AvgIpc) is 2.64. The Kier molecular flexibility index (Phi) is 5.85. The molecule has 0 bridgehead atoms. The predicted octanol–water partition coefficient (Wildman–Crippen LogP) is 5.82. The van der Waals surface area contributed by atoms with Crippen LogP contribution in [0.3, 0.4) is 0 Å². The standard InChI is InChI=1S/C20H15Cl2NO3S/c1-14-2-5-17(22)12-20(14)23-13-15-3-8-18(9-4-15)26-27(24,25)19-10-6-16(21)7-11-19/h2-13H,1H3. The van der Waals surface area contributed by atoms with Gasteiger partial charge in [-0.1, -0.05) is 29.3 Å². The average molecular weight is 420 g/mol. The van der Waals surface area contributed by atoms with Crippen LogP contribution < -0.4 is 4.18 Å². The Hall–Kier alpha value is -2.34. The first kappa shape index (κ1) is 19.4. The molecule has 0 aliphatic heterocycles. The monoisotopic (exact) mass is 419 g/mol. The number of rotatable bonds is 5. The summed E-state index contributed by atoms with van der Waals surface area (Å²) >= 11 is 11.8. The predicted molar refractivity (Wildman–Crippen MR) is 109 cm³/mol. The van der Waals surface area contributed by atoms with E-state index < -0.39 is 10.1 Å². The lowest BCUT2D eigenvalue weighted by atomic mass is 10.2. The van der Waals surface area contributed by atoms with E-state index in [4.69, 9.17) is 27.4 Å². The molecule has 3 aromatic rings. The van der Waals surface area contributed by atoms with E-state index in [1.54, 1.807) is 36.5 Å². The number of aryl methyl sites for hydroxylation is 1. The lowest BCUT2D eigenvalue weighted by Crippen LogP contribution is -2.09. The van der Waals surface area contributed by atoms with Crippen LogP contribution in [0.4, 0.5) is 5.69 Å². The molecule has 0 aliphatic carbocycles. The van der Waals surface area contributed by atoms with Crippen LogP contribution in [0, 0.1) is 6.92 Å². The summed E-state index contributed by atoms with van der Waals surface area (Å²) in [6.07, 6.45) is 1.68. The largest absolute Gasteiger partial charge is 0.379 e. The molecule has 0 aliphatic rings. The zero-order valence-corrected chi connectivity index (χ0v) is 16.6. The molecule has 0 heterocycles. The van der Waals surface area contributed by atoms with E-state index in [1.807, 2.05) is 19.1 Å². The summed E-state index contributed by atoms with van der Waals surface area (Å²) in [6, 6.07) is 17.8. The Labute approximate surface area is 168 Å². The molecular formula is C20H15Cl2NO3S. The van der Waals surface area contributed by atoms with Gasteiger partial charge >= 0.3 is 10.1 Å². The van der Waals surface area contributed by atoms with Gasteiger partial charge < -0.3 is 4.18 Å². The fourth-order valence-electron chi connectivity index (χ4n) is 2.25. The summed E-state index contributed by atoms with van der Waals surface area (Å²) in [7, 11) is -3.92. The van der Waals surface area contributed by atoms with Gasteiger partial charge in [0.15, 0.2) is 0 Å². The molecule has 0 aromatic heterocycles. The number of hydrogen-bond donors (Lipinski definition) is 0. The van der Waals surface area contributed by atoms with Gasteiger partial charge in [-0.05, 0) is 78.7 Å². The highest BCUT2D eigenvalue weighted by Crippen LogP contribution is 2.24. The van der Waals surface area contributed by atoms with Crippen molar-refractivity contribution in [2.75, 3.05) is 0 Å². The normalized spacial score (nSPS) is 11.7. The van der Waals surface area contributed by atoms with Crippen LogP contribution in [0.1, 0.15) is 11.1 Å². The van der Waals surface area contributed by atoms with Gasteiger partial charge in [0, 0.05) is 16.3 Å². The first-order chi connectivity index (χ1) is 12.8.